The fourth-order valence-corrected chi connectivity index (χ4v) is 3.24. The first-order chi connectivity index (χ1) is 13.3. The zero-order chi connectivity index (χ0) is 18.5. The zero-order valence-electron chi connectivity index (χ0n) is 15.2. The van der Waals surface area contributed by atoms with Gasteiger partial charge in [0.2, 0.25) is 6.10 Å². The molecule has 2 aromatic rings. The third kappa shape index (κ3) is 4.59. The van der Waals surface area contributed by atoms with Crippen molar-refractivity contribution in [1.82, 2.24) is 4.90 Å². The van der Waals surface area contributed by atoms with Crippen LogP contribution < -0.4 is 14.8 Å². The molecule has 0 spiro atoms. The highest BCUT2D eigenvalue weighted by Gasteiger charge is 2.27. The molecule has 0 saturated carbocycles. The molecule has 27 heavy (non-hydrogen) atoms. The van der Waals surface area contributed by atoms with Crippen LogP contribution in [0.15, 0.2) is 48.5 Å². The molecule has 1 N–H and O–H groups in total. The standard InChI is InChI=1S/C21H24N2O4/c24-21(20-15-26-18-3-1-2-4-19(18)27-20)22-17-7-5-16(6-8-17)9-10-23-11-13-25-14-12-23/h1-8,20H,9-15H2,(H,22,24)/t20-/m1/s1. The van der Waals surface area contributed by atoms with Gasteiger partial charge in [-0.1, -0.05) is 24.3 Å². The number of fused-ring (bicyclic) bond motifs is 1. The number of ether oxygens (including phenoxy) is 3. The molecule has 4 rings (SSSR count). The molecule has 1 atom stereocenters. The molecule has 2 heterocycles. The summed E-state index contributed by atoms with van der Waals surface area (Å²) in [5, 5.41) is 2.90. The quantitative estimate of drug-likeness (QED) is 0.878. The van der Waals surface area contributed by atoms with E-state index >= 15 is 0 Å². The smallest absolute Gasteiger partial charge is 0.269 e. The summed E-state index contributed by atoms with van der Waals surface area (Å²) in [6.45, 7) is 4.88. The number of morpholine rings is 1. The van der Waals surface area contributed by atoms with Crippen molar-refractivity contribution in [3.05, 3.63) is 54.1 Å². The molecule has 142 valence electrons. The Balaban J connectivity index is 1.28. The van der Waals surface area contributed by atoms with Crippen LogP contribution in [-0.4, -0.2) is 56.4 Å². The van der Waals surface area contributed by atoms with E-state index < -0.39 is 6.10 Å². The highest BCUT2D eigenvalue weighted by molar-refractivity contribution is 5.94. The van der Waals surface area contributed by atoms with Gasteiger partial charge in [0.15, 0.2) is 11.5 Å². The lowest BCUT2D eigenvalue weighted by molar-refractivity contribution is -0.125. The summed E-state index contributed by atoms with van der Waals surface area (Å²) >= 11 is 0. The van der Waals surface area contributed by atoms with Crippen LogP contribution in [-0.2, 0) is 16.0 Å². The van der Waals surface area contributed by atoms with Crippen molar-refractivity contribution in [2.75, 3.05) is 44.8 Å². The van der Waals surface area contributed by atoms with Crippen molar-refractivity contribution in [1.29, 1.82) is 0 Å². The molecule has 0 unspecified atom stereocenters. The Hall–Kier alpha value is -2.57. The summed E-state index contributed by atoms with van der Waals surface area (Å²) in [6, 6.07) is 15.4. The van der Waals surface area contributed by atoms with Gasteiger partial charge in [0, 0.05) is 25.3 Å². The number of amides is 1. The van der Waals surface area contributed by atoms with Crippen LogP contribution in [0.3, 0.4) is 0 Å². The van der Waals surface area contributed by atoms with Gasteiger partial charge in [-0.15, -0.1) is 0 Å². The number of benzene rings is 2. The molecule has 0 bridgehead atoms. The molecule has 1 saturated heterocycles. The molecule has 1 fully saturated rings. The van der Waals surface area contributed by atoms with Gasteiger partial charge < -0.3 is 19.5 Å². The number of rotatable bonds is 5. The Morgan fingerprint density at radius 3 is 2.56 bits per heavy atom. The van der Waals surface area contributed by atoms with Crippen LogP contribution in [0.4, 0.5) is 5.69 Å². The lowest BCUT2D eigenvalue weighted by Crippen LogP contribution is -2.40. The SMILES string of the molecule is O=C(Nc1ccc(CCN2CCOCC2)cc1)[C@H]1COc2ccccc2O1. The largest absolute Gasteiger partial charge is 0.485 e. The van der Waals surface area contributed by atoms with E-state index in [2.05, 4.69) is 22.3 Å². The highest BCUT2D eigenvalue weighted by Crippen LogP contribution is 2.31. The van der Waals surface area contributed by atoms with Gasteiger partial charge in [-0.25, -0.2) is 0 Å². The lowest BCUT2D eigenvalue weighted by Gasteiger charge is -2.26. The highest BCUT2D eigenvalue weighted by atomic mass is 16.6. The van der Waals surface area contributed by atoms with Crippen LogP contribution in [0.25, 0.3) is 0 Å². The maximum Gasteiger partial charge on any atom is 0.269 e. The molecule has 1 amide bonds. The van der Waals surface area contributed by atoms with Gasteiger partial charge in [-0.2, -0.15) is 0 Å². The molecule has 0 radical (unpaired) electrons. The Kier molecular flexibility index (Phi) is 5.55. The minimum absolute atomic E-state index is 0.203. The molecular formula is C21H24N2O4. The molecule has 6 heteroatoms. The third-order valence-corrected chi connectivity index (χ3v) is 4.84. The first-order valence-corrected chi connectivity index (χ1v) is 9.36. The van der Waals surface area contributed by atoms with E-state index in [1.165, 1.54) is 5.56 Å². The molecule has 2 aliphatic heterocycles. The van der Waals surface area contributed by atoms with Crippen molar-refractivity contribution >= 4 is 11.6 Å². The first kappa shape index (κ1) is 17.8. The Bertz CT molecular complexity index is 772. The number of nitrogens with one attached hydrogen (secondary N) is 1. The van der Waals surface area contributed by atoms with Crippen molar-refractivity contribution in [2.24, 2.45) is 0 Å². The van der Waals surface area contributed by atoms with E-state index in [1.807, 2.05) is 30.3 Å². The maximum atomic E-state index is 12.5. The first-order valence-electron chi connectivity index (χ1n) is 9.36. The number of anilines is 1. The van der Waals surface area contributed by atoms with Gasteiger partial charge in [-0.3, -0.25) is 9.69 Å². The monoisotopic (exact) mass is 368 g/mol. The van der Waals surface area contributed by atoms with E-state index in [0.29, 0.717) is 11.5 Å². The molecule has 2 aromatic carbocycles. The second-order valence-electron chi connectivity index (χ2n) is 6.75. The second kappa shape index (κ2) is 8.41. The van der Waals surface area contributed by atoms with Gasteiger partial charge in [-0.05, 0) is 36.2 Å². The van der Waals surface area contributed by atoms with Gasteiger partial charge >= 0.3 is 0 Å². The number of carbonyl (C=O) groups excluding carboxylic acids is 1. The number of hydrogen-bond acceptors (Lipinski definition) is 5. The third-order valence-electron chi connectivity index (χ3n) is 4.84. The van der Waals surface area contributed by atoms with Crippen LogP contribution in [0.5, 0.6) is 11.5 Å². The summed E-state index contributed by atoms with van der Waals surface area (Å²) in [5.74, 6) is 1.07. The predicted molar refractivity (Wildman–Crippen MR) is 102 cm³/mol. The lowest BCUT2D eigenvalue weighted by atomic mass is 10.1. The Labute approximate surface area is 159 Å². The van der Waals surface area contributed by atoms with Crippen LogP contribution in [0.2, 0.25) is 0 Å². The summed E-state index contributed by atoms with van der Waals surface area (Å²) in [5.41, 5.74) is 2.02. The van der Waals surface area contributed by atoms with E-state index in [0.717, 1.165) is 45.0 Å². The summed E-state index contributed by atoms with van der Waals surface area (Å²) in [6.07, 6.45) is 0.339. The van der Waals surface area contributed by atoms with Gasteiger partial charge in [0.05, 0.1) is 13.2 Å². The van der Waals surface area contributed by atoms with Crippen molar-refractivity contribution < 1.29 is 19.0 Å². The van der Waals surface area contributed by atoms with Crippen LogP contribution in [0.1, 0.15) is 5.56 Å². The van der Waals surface area contributed by atoms with Crippen molar-refractivity contribution in [3.63, 3.8) is 0 Å². The van der Waals surface area contributed by atoms with Crippen LogP contribution in [0, 0.1) is 0 Å². The summed E-state index contributed by atoms with van der Waals surface area (Å²) < 4.78 is 16.7. The molecule has 6 nitrogen and oxygen atoms in total. The second-order valence-corrected chi connectivity index (χ2v) is 6.75. The van der Waals surface area contributed by atoms with Gasteiger partial charge in [0.1, 0.15) is 6.61 Å². The number of para-hydroxylation sites is 2. The zero-order valence-corrected chi connectivity index (χ0v) is 15.2. The average molecular weight is 368 g/mol. The number of nitrogens with zero attached hydrogens (tertiary/aromatic N) is 1. The normalized spacial score (nSPS) is 19.5. The van der Waals surface area contributed by atoms with E-state index in [9.17, 15) is 4.79 Å². The molecule has 0 aromatic heterocycles. The topological polar surface area (TPSA) is 60.0 Å². The van der Waals surface area contributed by atoms with Crippen LogP contribution >= 0.6 is 0 Å². The molecule has 2 aliphatic rings. The number of carbonyl (C=O) groups is 1. The fraction of sp³-hybridized carbons (Fsp3) is 0.381. The van der Waals surface area contributed by atoms with Crippen molar-refractivity contribution in [2.45, 2.75) is 12.5 Å². The Morgan fingerprint density at radius 1 is 1.04 bits per heavy atom. The number of hydrogen-bond donors (Lipinski definition) is 1. The average Bonchev–Trinajstić information content (AvgIpc) is 2.73. The van der Waals surface area contributed by atoms with E-state index in [-0.39, 0.29) is 12.5 Å². The fourth-order valence-electron chi connectivity index (χ4n) is 3.24. The molecule has 0 aliphatic carbocycles. The Morgan fingerprint density at radius 2 is 1.78 bits per heavy atom. The molecular weight excluding hydrogens is 344 g/mol. The maximum absolute atomic E-state index is 12.5. The summed E-state index contributed by atoms with van der Waals surface area (Å²) in [7, 11) is 0. The minimum atomic E-state index is -0.652. The minimum Gasteiger partial charge on any atom is -0.485 e. The van der Waals surface area contributed by atoms with Crippen molar-refractivity contribution in [3.8, 4) is 11.5 Å². The predicted octanol–water partition coefficient (Wildman–Crippen LogP) is 2.34. The summed E-state index contributed by atoms with van der Waals surface area (Å²) in [4.78, 5) is 14.9. The van der Waals surface area contributed by atoms with E-state index in [4.69, 9.17) is 14.2 Å². The van der Waals surface area contributed by atoms with Gasteiger partial charge in [0.25, 0.3) is 5.91 Å². The van der Waals surface area contributed by atoms with E-state index in [1.54, 1.807) is 6.07 Å².